The van der Waals surface area contributed by atoms with Crippen molar-refractivity contribution in [2.45, 2.75) is 0 Å². The van der Waals surface area contributed by atoms with Crippen LogP contribution in [0, 0.1) is 3.57 Å². The van der Waals surface area contributed by atoms with Crippen LogP contribution in [0.3, 0.4) is 0 Å². The van der Waals surface area contributed by atoms with Crippen molar-refractivity contribution in [3.8, 4) is 17.2 Å². The summed E-state index contributed by atoms with van der Waals surface area (Å²) in [6, 6.07) is 9.58. The lowest BCUT2D eigenvalue weighted by atomic mass is 10.2. The van der Waals surface area contributed by atoms with Crippen LogP contribution in [0.4, 0.5) is 0 Å². The first kappa shape index (κ1) is 16.3. The van der Waals surface area contributed by atoms with Crippen molar-refractivity contribution in [1.82, 2.24) is 0 Å². The number of halogens is 1. The molecule has 6 heteroatoms. The molecule has 2 aromatic rings. The fourth-order valence-electron chi connectivity index (χ4n) is 1.79. The molecule has 0 amide bonds. The summed E-state index contributed by atoms with van der Waals surface area (Å²) in [4.78, 5) is 22.9. The molecule has 0 aliphatic rings. The quantitative estimate of drug-likeness (QED) is 0.326. The van der Waals surface area contributed by atoms with Gasteiger partial charge in [0.25, 0.3) is 0 Å². The molecular weight excluding hydrogens is 399 g/mol. The average molecular weight is 412 g/mol. The molecule has 0 N–H and O–H groups in total. The van der Waals surface area contributed by atoms with E-state index in [9.17, 15) is 9.59 Å². The molecule has 0 atom stereocenters. The molecule has 0 spiro atoms. The minimum atomic E-state index is -0.516. The number of esters is 1. The topological polar surface area (TPSA) is 61.8 Å². The Balaban J connectivity index is 2.25. The van der Waals surface area contributed by atoms with Gasteiger partial charge in [-0.25, -0.2) is 4.79 Å². The molecule has 0 aliphatic heterocycles. The highest BCUT2D eigenvalue weighted by molar-refractivity contribution is 14.1. The van der Waals surface area contributed by atoms with Gasteiger partial charge in [-0.1, -0.05) is 0 Å². The summed E-state index contributed by atoms with van der Waals surface area (Å²) < 4.78 is 16.4. The van der Waals surface area contributed by atoms with Crippen LogP contribution < -0.4 is 14.2 Å². The van der Waals surface area contributed by atoms with Crippen LogP contribution in [0.25, 0.3) is 0 Å². The van der Waals surface area contributed by atoms with Crippen LogP contribution >= 0.6 is 22.6 Å². The standard InChI is InChI=1S/C16H13IO5/c1-20-13-6-4-11(8-12(13)17)16(19)22-14-5-3-10(9-18)7-15(14)21-2/h3-9H,1-2H3. The molecule has 0 saturated carbocycles. The van der Waals surface area contributed by atoms with E-state index in [0.29, 0.717) is 28.9 Å². The largest absolute Gasteiger partial charge is 0.496 e. The molecular formula is C16H13IO5. The molecule has 0 bridgehead atoms. The van der Waals surface area contributed by atoms with Crippen molar-refractivity contribution in [3.05, 3.63) is 51.1 Å². The molecule has 0 aliphatic carbocycles. The molecule has 5 nitrogen and oxygen atoms in total. The zero-order chi connectivity index (χ0) is 16.1. The first-order chi connectivity index (χ1) is 10.6. The van der Waals surface area contributed by atoms with E-state index in [-0.39, 0.29) is 5.75 Å². The number of ether oxygens (including phenoxy) is 3. The number of hydrogen-bond donors (Lipinski definition) is 0. The van der Waals surface area contributed by atoms with Crippen LogP contribution in [0.2, 0.25) is 0 Å². The van der Waals surface area contributed by atoms with Crippen LogP contribution in [0.1, 0.15) is 20.7 Å². The number of methoxy groups -OCH3 is 2. The van der Waals surface area contributed by atoms with Gasteiger partial charge in [-0.2, -0.15) is 0 Å². The highest BCUT2D eigenvalue weighted by Crippen LogP contribution is 2.29. The van der Waals surface area contributed by atoms with Gasteiger partial charge in [0.05, 0.1) is 23.4 Å². The summed E-state index contributed by atoms with van der Waals surface area (Å²) in [6.45, 7) is 0. The predicted octanol–water partition coefficient (Wildman–Crippen LogP) is 3.34. The molecule has 0 heterocycles. The number of aldehydes is 1. The first-order valence-corrected chi connectivity index (χ1v) is 7.36. The average Bonchev–Trinajstić information content (AvgIpc) is 2.55. The number of benzene rings is 2. The molecule has 0 unspecified atom stereocenters. The molecule has 22 heavy (non-hydrogen) atoms. The lowest BCUT2D eigenvalue weighted by molar-refractivity contribution is 0.0729. The van der Waals surface area contributed by atoms with Crippen molar-refractivity contribution in [2.75, 3.05) is 14.2 Å². The second-order valence-electron chi connectivity index (χ2n) is 4.27. The molecule has 0 fully saturated rings. The van der Waals surface area contributed by atoms with E-state index >= 15 is 0 Å². The Bertz CT molecular complexity index is 712. The number of hydrogen-bond acceptors (Lipinski definition) is 5. The van der Waals surface area contributed by atoms with E-state index in [4.69, 9.17) is 14.2 Å². The third-order valence-corrected chi connectivity index (χ3v) is 3.76. The zero-order valence-electron chi connectivity index (χ0n) is 12.0. The van der Waals surface area contributed by atoms with Crippen LogP contribution in [0.15, 0.2) is 36.4 Å². The molecule has 2 rings (SSSR count). The smallest absolute Gasteiger partial charge is 0.343 e. The second-order valence-corrected chi connectivity index (χ2v) is 5.43. The third kappa shape index (κ3) is 3.56. The van der Waals surface area contributed by atoms with E-state index in [0.717, 1.165) is 3.57 Å². The van der Waals surface area contributed by atoms with E-state index < -0.39 is 5.97 Å². The monoisotopic (exact) mass is 412 g/mol. The Morgan fingerprint density at radius 3 is 2.27 bits per heavy atom. The van der Waals surface area contributed by atoms with E-state index in [1.807, 2.05) is 0 Å². The Labute approximate surface area is 141 Å². The SMILES string of the molecule is COc1ccc(C(=O)Oc2ccc(C=O)cc2OC)cc1I. The minimum absolute atomic E-state index is 0.254. The highest BCUT2D eigenvalue weighted by Gasteiger charge is 2.14. The number of carbonyl (C=O) groups excluding carboxylic acids is 2. The maximum atomic E-state index is 12.2. The van der Waals surface area contributed by atoms with Crippen LogP contribution in [-0.2, 0) is 0 Å². The lowest BCUT2D eigenvalue weighted by Gasteiger charge is -2.10. The van der Waals surface area contributed by atoms with Crippen molar-refractivity contribution < 1.29 is 23.8 Å². The van der Waals surface area contributed by atoms with Gasteiger partial charge < -0.3 is 14.2 Å². The van der Waals surface area contributed by atoms with Gasteiger partial charge in [-0.3, -0.25) is 4.79 Å². The number of rotatable bonds is 5. The van der Waals surface area contributed by atoms with Gasteiger partial charge in [-0.15, -0.1) is 0 Å². The Hall–Kier alpha value is -2.09. The third-order valence-electron chi connectivity index (χ3n) is 2.91. The van der Waals surface area contributed by atoms with Crippen molar-refractivity contribution in [3.63, 3.8) is 0 Å². The Morgan fingerprint density at radius 1 is 1.00 bits per heavy atom. The van der Waals surface area contributed by atoms with Gasteiger partial charge in [0.15, 0.2) is 11.5 Å². The van der Waals surface area contributed by atoms with Crippen molar-refractivity contribution >= 4 is 34.8 Å². The normalized spacial score (nSPS) is 9.95. The summed E-state index contributed by atoms with van der Waals surface area (Å²) in [5.74, 6) is 0.743. The summed E-state index contributed by atoms with van der Waals surface area (Å²) in [5, 5.41) is 0. The van der Waals surface area contributed by atoms with Crippen molar-refractivity contribution in [1.29, 1.82) is 0 Å². The maximum absolute atomic E-state index is 12.2. The fraction of sp³-hybridized carbons (Fsp3) is 0.125. The predicted molar refractivity (Wildman–Crippen MR) is 89.1 cm³/mol. The first-order valence-electron chi connectivity index (χ1n) is 6.28. The zero-order valence-corrected chi connectivity index (χ0v) is 14.1. The van der Waals surface area contributed by atoms with E-state index in [1.54, 1.807) is 31.4 Å². The summed E-state index contributed by atoms with van der Waals surface area (Å²) in [5.41, 5.74) is 0.836. The number of carbonyl (C=O) groups is 2. The maximum Gasteiger partial charge on any atom is 0.343 e. The lowest BCUT2D eigenvalue weighted by Crippen LogP contribution is -2.10. The fourth-order valence-corrected chi connectivity index (χ4v) is 2.53. The van der Waals surface area contributed by atoms with E-state index in [1.165, 1.54) is 19.2 Å². The Kier molecular flexibility index (Phi) is 5.37. The molecule has 0 saturated heterocycles. The highest BCUT2D eigenvalue weighted by atomic mass is 127. The molecule has 2 aromatic carbocycles. The van der Waals surface area contributed by atoms with Crippen LogP contribution in [0.5, 0.6) is 17.2 Å². The second kappa shape index (κ2) is 7.26. The minimum Gasteiger partial charge on any atom is -0.496 e. The van der Waals surface area contributed by atoms with Gasteiger partial charge in [0, 0.05) is 5.56 Å². The van der Waals surface area contributed by atoms with Gasteiger partial charge in [0.2, 0.25) is 0 Å². The van der Waals surface area contributed by atoms with Crippen molar-refractivity contribution in [2.24, 2.45) is 0 Å². The van der Waals surface area contributed by atoms with Gasteiger partial charge >= 0.3 is 5.97 Å². The van der Waals surface area contributed by atoms with Crippen LogP contribution in [-0.4, -0.2) is 26.5 Å². The molecule has 0 aromatic heterocycles. The summed E-state index contributed by atoms with van der Waals surface area (Å²) in [6.07, 6.45) is 0.694. The summed E-state index contributed by atoms with van der Waals surface area (Å²) >= 11 is 2.08. The van der Waals surface area contributed by atoms with Gasteiger partial charge in [-0.05, 0) is 59.0 Å². The van der Waals surface area contributed by atoms with E-state index in [2.05, 4.69) is 22.6 Å². The molecule has 0 radical (unpaired) electrons. The van der Waals surface area contributed by atoms with Gasteiger partial charge in [0.1, 0.15) is 12.0 Å². The molecule has 114 valence electrons. The Morgan fingerprint density at radius 2 is 1.68 bits per heavy atom. The summed E-state index contributed by atoms with van der Waals surface area (Å²) in [7, 11) is 3.01.